The first-order valence-electron chi connectivity index (χ1n) is 5.63. The van der Waals surface area contributed by atoms with Gasteiger partial charge in [0.15, 0.2) is 0 Å². The molecule has 12 heavy (non-hydrogen) atoms. The minimum absolute atomic E-state index is 0.906. The van der Waals surface area contributed by atoms with Gasteiger partial charge in [-0.15, -0.1) is 0 Å². The van der Waals surface area contributed by atoms with Crippen molar-refractivity contribution in [2.45, 2.75) is 51.5 Å². The topological polar surface area (TPSA) is 12.0 Å². The van der Waals surface area contributed by atoms with Gasteiger partial charge in [-0.05, 0) is 50.5 Å². The van der Waals surface area contributed by atoms with E-state index >= 15 is 0 Å². The third-order valence-electron chi connectivity index (χ3n) is 3.19. The molecular weight excluding hydrogens is 146 g/mol. The first-order chi connectivity index (χ1) is 5.90. The SMILES string of the molecule is CCCC(CNC1CC1)C1CC1. The first-order valence-corrected chi connectivity index (χ1v) is 5.63. The second kappa shape index (κ2) is 3.78. The van der Waals surface area contributed by atoms with Crippen molar-refractivity contribution in [3.63, 3.8) is 0 Å². The van der Waals surface area contributed by atoms with Crippen LogP contribution < -0.4 is 5.32 Å². The molecule has 0 spiro atoms. The van der Waals surface area contributed by atoms with Gasteiger partial charge in [0.25, 0.3) is 0 Å². The van der Waals surface area contributed by atoms with E-state index in [-0.39, 0.29) is 0 Å². The fourth-order valence-electron chi connectivity index (χ4n) is 2.05. The second-order valence-electron chi connectivity index (χ2n) is 4.57. The van der Waals surface area contributed by atoms with E-state index in [1.54, 1.807) is 0 Å². The maximum Gasteiger partial charge on any atom is 0.00683 e. The lowest BCUT2D eigenvalue weighted by molar-refractivity contribution is 0.394. The predicted molar refractivity (Wildman–Crippen MR) is 52.1 cm³/mol. The molecular formula is C11H21N. The van der Waals surface area contributed by atoms with Crippen LogP contribution >= 0.6 is 0 Å². The number of nitrogens with one attached hydrogen (secondary N) is 1. The molecule has 0 radical (unpaired) electrons. The van der Waals surface area contributed by atoms with E-state index < -0.39 is 0 Å². The highest BCUT2D eigenvalue weighted by molar-refractivity contribution is 4.86. The van der Waals surface area contributed by atoms with Gasteiger partial charge in [0.1, 0.15) is 0 Å². The maximum absolute atomic E-state index is 3.66. The summed E-state index contributed by atoms with van der Waals surface area (Å²) in [6.07, 6.45) is 8.71. The van der Waals surface area contributed by atoms with E-state index in [4.69, 9.17) is 0 Å². The third kappa shape index (κ3) is 2.48. The summed E-state index contributed by atoms with van der Waals surface area (Å²) >= 11 is 0. The smallest absolute Gasteiger partial charge is 0.00683 e. The molecule has 70 valence electrons. The minimum Gasteiger partial charge on any atom is -0.314 e. The highest BCUT2D eigenvalue weighted by atomic mass is 14.9. The van der Waals surface area contributed by atoms with Crippen molar-refractivity contribution in [2.75, 3.05) is 6.54 Å². The molecule has 1 heteroatoms. The van der Waals surface area contributed by atoms with Crippen molar-refractivity contribution in [1.29, 1.82) is 0 Å². The Morgan fingerprint density at radius 1 is 1.25 bits per heavy atom. The molecule has 1 N–H and O–H groups in total. The van der Waals surface area contributed by atoms with Crippen molar-refractivity contribution < 1.29 is 0 Å². The summed E-state index contributed by atoms with van der Waals surface area (Å²) in [5, 5.41) is 3.66. The summed E-state index contributed by atoms with van der Waals surface area (Å²) in [5.74, 6) is 2.10. The summed E-state index contributed by atoms with van der Waals surface area (Å²) in [6.45, 7) is 3.62. The van der Waals surface area contributed by atoms with E-state index in [2.05, 4.69) is 12.2 Å². The molecule has 0 bridgehead atoms. The number of hydrogen-bond donors (Lipinski definition) is 1. The Kier molecular flexibility index (Phi) is 2.69. The van der Waals surface area contributed by atoms with Crippen LogP contribution in [0.15, 0.2) is 0 Å². The van der Waals surface area contributed by atoms with Gasteiger partial charge in [-0.3, -0.25) is 0 Å². The van der Waals surface area contributed by atoms with Crippen LogP contribution in [0.25, 0.3) is 0 Å². The summed E-state index contributed by atoms with van der Waals surface area (Å²) in [7, 11) is 0. The Hall–Kier alpha value is -0.0400. The number of hydrogen-bond acceptors (Lipinski definition) is 1. The summed E-state index contributed by atoms with van der Waals surface area (Å²) in [4.78, 5) is 0. The van der Waals surface area contributed by atoms with Crippen LogP contribution in [-0.4, -0.2) is 12.6 Å². The maximum atomic E-state index is 3.66. The fraction of sp³-hybridized carbons (Fsp3) is 1.00. The van der Waals surface area contributed by atoms with E-state index in [1.807, 2.05) is 0 Å². The summed E-state index contributed by atoms with van der Waals surface area (Å²) < 4.78 is 0. The molecule has 0 saturated heterocycles. The Bertz CT molecular complexity index is 136. The lowest BCUT2D eigenvalue weighted by Crippen LogP contribution is -2.25. The van der Waals surface area contributed by atoms with E-state index in [1.165, 1.54) is 45.1 Å². The highest BCUT2D eigenvalue weighted by Gasteiger charge is 2.31. The van der Waals surface area contributed by atoms with Gasteiger partial charge in [-0.2, -0.15) is 0 Å². The van der Waals surface area contributed by atoms with Crippen LogP contribution in [0.1, 0.15) is 45.4 Å². The second-order valence-corrected chi connectivity index (χ2v) is 4.57. The molecule has 2 rings (SSSR count). The van der Waals surface area contributed by atoms with E-state index in [0.717, 1.165) is 17.9 Å². The van der Waals surface area contributed by atoms with Crippen molar-refractivity contribution >= 4 is 0 Å². The largest absolute Gasteiger partial charge is 0.314 e. The quantitative estimate of drug-likeness (QED) is 0.641. The van der Waals surface area contributed by atoms with Gasteiger partial charge in [0.2, 0.25) is 0 Å². The fourth-order valence-corrected chi connectivity index (χ4v) is 2.05. The molecule has 0 aromatic carbocycles. The molecule has 2 saturated carbocycles. The van der Waals surface area contributed by atoms with Crippen LogP contribution in [-0.2, 0) is 0 Å². The molecule has 2 aliphatic rings. The van der Waals surface area contributed by atoms with Crippen LogP contribution in [0.2, 0.25) is 0 Å². The van der Waals surface area contributed by atoms with Crippen molar-refractivity contribution in [3.05, 3.63) is 0 Å². The zero-order valence-corrected chi connectivity index (χ0v) is 8.18. The average molecular weight is 167 g/mol. The lowest BCUT2D eigenvalue weighted by atomic mass is 9.98. The van der Waals surface area contributed by atoms with Gasteiger partial charge in [0, 0.05) is 6.04 Å². The van der Waals surface area contributed by atoms with Gasteiger partial charge >= 0.3 is 0 Å². The van der Waals surface area contributed by atoms with Gasteiger partial charge in [0.05, 0.1) is 0 Å². The summed E-state index contributed by atoms with van der Waals surface area (Å²) in [6, 6.07) is 0.906. The van der Waals surface area contributed by atoms with E-state index in [0.29, 0.717) is 0 Å². The van der Waals surface area contributed by atoms with Crippen LogP contribution in [0.3, 0.4) is 0 Å². The number of rotatable bonds is 6. The van der Waals surface area contributed by atoms with Crippen LogP contribution in [0.4, 0.5) is 0 Å². The Morgan fingerprint density at radius 3 is 2.50 bits per heavy atom. The lowest BCUT2D eigenvalue weighted by Gasteiger charge is -2.15. The molecule has 2 fully saturated rings. The minimum atomic E-state index is 0.906. The van der Waals surface area contributed by atoms with Crippen molar-refractivity contribution in [1.82, 2.24) is 5.32 Å². The molecule has 0 aromatic rings. The molecule has 0 heterocycles. The standard InChI is InChI=1S/C11H21N/c1-2-3-10(9-4-5-9)8-12-11-6-7-11/h9-12H,2-8H2,1H3. The zero-order valence-electron chi connectivity index (χ0n) is 8.18. The Balaban J connectivity index is 1.64. The average Bonchev–Trinajstić information content (AvgIpc) is 2.86. The van der Waals surface area contributed by atoms with Crippen molar-refractivity contribution in [2.24, 2.45) is 11.8 Å². The highest BCUT2D eigenvalue weighted by Crippen LogP contribution is 2.39. The van der Waals surface area contributed by atoms with Crippen LogP contribution in [0, 0.1) is 11.8 Å². The Morgan fingerprint density at radius 2 is 2.00 bits per heavy atom. The molecule has 0 aromatic heterocycles. The normalized spacial score (nSPS) is 25.8. The Labute approximate surface area is 75.9 Å². The third-order valence-corrected chi connectivity index (χ3v) is 3.19. The van der Waals surface area contributed by atoms with Crippen LogP contribution in [0.5, 0.6) is 0 Å². The zero-order chi connectivity index (χ0) is 8.39. The predicted octanol–water partition coefficient (Wildman–Crippen LogP) is 2.56. The van der Waals surface area contributed by atoms with Crippen molar-refractivity contribution in [3.8, 4) is 0 Å². The molecule has 2 aliphatic carbocycles. The molecule has 1 unspecified atom stereocenters. The molecule has 0 amide bonds. The van der Waals surface area contributed by atoms with E-state index in [9.17, 15) is 0 Å². The van der Waals surface area contributed by atoms with Gasteiger partial charge < -0.3 is 5.32 Å². The summed E-state index contributed by atoms with van der Waals surface area (Å²) in [5.41, 5.74) is 0. The molecule has 1 atom stereocenters. The molecule has 0 aliphatic heterocycles. The van der Waals surface area contributed by atoms with Gasteiger partial charge in [-0.25, -0.2) is 0 Å². The molecule has 1 nitrogen and oxygen atoms in total. The first kappa shape index (κ1) is 8.55. The van der Waals surface area contributed by atoms with Gasteiger partial charge in [-0.1, -0.05) is 13.3 Å². The monoisotopic (exact) mass is 167 g/mol.